The Hall–Kier alpha value is -8.69. The number of nitrogens with one attached hydrogen (secondary N) is 13. The van der Waals surface area contributed by atoms with Gasteiger partial charge in [0.15, 0.2) is 0 Å². The summed E-state index contributed by atoms with van der Waals surface area (Å²) in [7, 11) is 4.67. The van der Waals surface area contributed by atoms with Crippen molar-refractivity contribution in [3.05, 3.63) is 108 Å². The van der Waals surface area contributed by atoms with Gasteiger partial charge in [0, 0.05) is 117 Å². The molecule has 5 rings (SSSR count). The summed E-state index contributed by atoms with van der Waals surface area (Å²) < 4.78 is 50.2. The number of ketones is 1. The van der Waals surface area contributed by atoms with E-state index in [1.807, 2.05) is 37.3 Å². The first-order valence-electron chi connectivity index (χ1n) is 46.0. The highest BCUT2D eigenvalue weighted by atomic mass is 33.1. The third-order valence-corrected chi connectivity index (χ3v) is 25.5. The van der Waals surface area contributed by atoms with E-state index in [4.69, 9.17) is 54.1 Å². The van der Waals surface area contributed by atoms with Crippen LogP contribution in [0, 0.1) is 5.41 Å². The molecule has 3 unspecified atom stereocenters. The van der Waals surface area contributed by atoms with Crippen LogP contribution in [0.1, 0.15) is 109 Å². The summed E-state index contributed by atoms with van der Waals surface area (Å²) in [6.07, 6.45) is -2.11. The van der Waals surface area contributed by atoms with Gasteiger partial charge in [-0.05, 0) is 94.5 Å². The van der Waals surface area contributed by atoms with Gasteiger partial charge in [0.05, 0.1) is 150 Å². The molecule has 1 aromatic heterocycles. The van der Waals surface area contributed by atoms with Crippen molar-refractivity contribution in [1.29, 1.82) is 0 Å². The zero-order chi connectivity index (χ0) is 98.9. The lowest BCUT2D eigenvalue weighted by atomic mass is 9.85. The van der Waals surface area contributed by atoms with Crippen molar-refractivity contribution >= 4 is 131 Å². The molecule has 0 saturated carbocycles. The van der Waals surface area contributed by atoms with E-state index in [-0.39, 0.29) is 230 Å². The Morgan fingerprint density at radius 3 is 1.61 bits per heavy atom. The molecule has 1 fully saturated rings. The van der Waals surface area contributed by atoms with Crippen LogP contribution in [0.5, 0.6) is 0 Å². The number of carbonyl (C=O) groups excluding carboxylic acids is 13. The van der Waals surface area contributed by atoms with Gasteiger partial charge in [-0.25, -0.2) is 0 Å². The number of aromatic amines is 1. The number of nitrogens with two attached hydrogens (primary N) is 2. The lowest BCUT2D eigenvalue weighted by molar-refractivity contribution is -0.136. The molecule has 0 radical (unpaired) electrons. The van der Waals surface area contributed by atoms with Crippen molar-refractivity contribution < 1.29 is 125 Å². The molecule has 12 atom stereocenters. The van der Waals surface area contributed by atoms with Gasteiger partial charge < -0.3 is 148 Å². The second kappa shape index (κ2) is 70.9. The second-order valence-corrected chi connectivity index (χ2v) is 37.6. The van der Waals surface area contributed by atoms with E-state index in [2.05, 4.69) is 68.8 Å². The van der Waals surface area contributed by atoms with Crippen LogP contribution in [0.4, 0.5) is 0 Å². The van der Waals surface area contributed by atoms with Gasteiger partial charge in [0.25, 0.3) is 0 Å². The first-order valence-corrected chi connectivity index (χ1v) is 51.0. The first-order chi connectivity index (χ1) is 65.7. The van der Waals surface area contributed by atoms with Crippen LogP contribution in [0.2, 0.25) is 0 Å². The minimum atomic E-state index is -1.77. The van der Waals surface area contributed by atoms with Crippen LogP contribution in [0.3, 0.4) is 0 Å². The highest BCUT2D eigenvalue weighted by Gasteiger charge is 2.38. The molecule has 3 aromatic carbocycles. The number of hydrogen-bond donors (Lipinski definition) is 19. The van der Waals surface area contributed by atoms with Crippen LogP contribution >= 0.6 is 43.2 Å². The summed E-state index contributed by atoms with van der Waals surface area (Å²) in [6.45, 7) is 9.64. The van der Waals surface area contributed by atoms with Gasteiger partial charge in [0.2, 0.25) is 70.9 Å². The molecule has 21 N–H and O–H groups in total. The third kappa shape index (κ3) is 50.8. The largest absolute Gasteiger partial charge is 0.396 e. The fourth-order valence-electron chi connectivity index (χ4n) is 13.3. The summed E-state index contributed by atoms with van der Waals surface area (Å²) in [5.74, 6) is -8.29. The van der Waals surface area contributed by atoms with Gasteiger partial charge in [-0.15, -0.1) is 0 Å². The molecule has 41 nitrogen and oxygen atoms in total. The van der Waals surface area contributed by atoms with Gasteiger partial charge >= 0.3 is 0 Å². The zero-order valence-corrected chi connectivity index (χ0v) is 81.5. The molecule has 762 valence electrons. The van der Waals surface area contributed by atoms with Gasteiger partial charge in [-0.2, -0.15) is 0 Å². The molecule has 2 heterocycles. The smallest absolute Gasteiger partial charge is 0.245 e. The van der Waals surface area contributed by atoms with Crippen LogP contribution < -0.4 is 75.3 Å². The number of carbonyl (C=O) groups is 13. The van der Waals surface area contributed by atoms with Crippen LogP contribution in [0.15, 0.2) is 91.0 Å². The Balaban J connectivity index is 1.17. The van der Waals surface area contributed by atoms with E-state index in [0.29, 0.717) is 56.2 Å². The monoisotopic (exact) mass is 1990 g/mol. The number of H-pyrrole nitrogens is 1. The van der Waals surface area contributed by atoms with Gasteiger partial charge in [0.1, 0.15) is 48.1 Å². The number of rotatable bonds is 57. The number of ether oxygens (including phenoxy) is 9. The average Bonchev–Trinajstić information content (AvgIpc) is 1.71. The standard InChI is InChI=1S/C91H143N15O26S4/c1-5-33-124-39-41-126-37-29-94-79(113)25-35-131-60-91(59-108,55-62(2)109)61-132-36-26-80(114)95-30-38-127-42-44-129-46-48-130-47-45-128-43-40-125-34-27-81(115)99-72-23-24-78(112)96-31-49-133-136-58-77(89(122)103-75(56-107)63(3)110)105-90(123)82(64(4)111)106-85(118)71(22-14-15-28-92)100-87(120)74(54-68-53-67-20-12-13-21-70(67)98-68)102-86(119)73(52-66-18-10-7-11-19-66)101-88(121)76(57-135-134-50-32-97-84(72)117)104-83(116)69(93)51-65-16-8-6-9-17-65/h6-13,16-21,53,63-64,69,71-77,82,98,107-108,110-111H,5,14-15,22-52,54-61,92-93H2,1-4H3,(H,94,113)(H,95,114)(H,96,112)(H,97,117)(H,99,115)(H,100,120)(H,101,121)(H,102,119)(H,103,122)(H,104,116)(H,105,123)(H,106,118)/t63-,64?,69-,71+,72+,73+,74-,75?,76+,77+,82+,91?/m1/s1. The van der Waals surface area contributed by atoms with E-state index in [1.54, 1.807) is 60.7 Å². The molecule has 0 aliphatic carbocycles. The van der Waals surface area contributed by atoms with Gasteiger partial charge in [-0.3, -0.25) is 57.5 Å². The summed E-state index contributed by atoms with van der Waals surface area (Å²) in [4.78, 5) is 184. The SMILES string of the molecule is CCCOCCOCCNC(=O)CCOCC(CO)(COCCC(=O)NCCOCCOCCOCCOCCOCCC(=O)N[C@H]1CCC(=O)NCCSSC[C@@H](C(=O)NC(CO)[C@@H](C)O)NC(=O)[C@H](C(C)O)NC(=O)[C@H](CCCCN)NC(=O)[C@@H](Cc2cc3ccccc3[nH]2)NC(=O)[C@H](Cc2ccccc2)NC(=O)[C@@H](NC(=O)[C@H](N)Cc2ccccc2)CSSCCNC1=O)CC(C)=O. The Morgan fingerprint density at radius 1 is 0.537 bits per heavy atom. The number of amides is 12. The van der Waals surface area contributed by atoms with E-state index in [9.17, 15) is 73.2 Å². The Morgan fingerprint density at radius 2 is 1.05 bits per heavy atom. The lowest BCUT2D eigenvalue weighted by Gasteiger charge is -2.30. The molecule has 45 heteroatoms. The molecule has 1 saturated heterocycles. The van der Waals surface area contributed by atoms with Crippen LogP contribution in [-0.2, 0) is 124 Å². The van der Waals surface area contributed by atoms with Crippen molar-refractivity contribution in [2.24, 2.45) is 16.9 Å². The maximum Gasteiger partial charge on any atom is 0.245 e. The van der Waals surface area contributed by atoms with Gasteiger partial charge in [-0.1, -0.05) is 129 Å². The van der Waals surface area contributed by atoms with Crippen molar-refractivity contribution in [3.63, 3.8) is 0 Å². The maximum absolute atomic E-state index is 15.2. The number of aromatic nitrogens is 1. The quantitative estimate of drug-likeness (QED) is 0.0186. The Labute approximate surface area is 810 Å². The number of fused-ring (bicyclic) bond motifs is 1. The Kier molecular flexibility index (Phi) is 61.4. The second-order valence-electron chi connectivity index (χ2n) is 32.3. The number of hydrogen-bond acceptors (Lipinski definition) is 32. The predicted octanol–water partition coefficient (Wildman–Crippen LogP) is -1.01. The molecule has 0 bridgehead atoms. The molecule has 0 spiro atoms. The summed E-state index contributed by atoms with van der Waals surface area (Å²) in [6, 6.07) is 14.2. The minimum Gasteiger partial charge on any atom is -0.396 e. The van der Waals surface area contributed by atoms with Crippen LogP contribution in [-0.4, -0.2) is 357 Å². The predicted molar refractivity (Wildman–Crippen MR) is 517 cm³/mol. The lowest BCUT2D eigenvalue weighted by Crippen LogP contribution is -2.62. The number of aliphatic hydroxyl groups is 4. The molecule has 4 aromatic rings. The number of aliphatic hydroxyl groups excluding tert-OH is 4. The maximum atomic E-state index is 15.2. The molecular formula is C91H143N15O26S4. The van der Waals surface area contributed by atoms with Crippen molar-refractivity contribution in [3.8, 4) is 0 Å². The highest BCUT2D eigenvalue weighted by Crippen LogP contribution is 2.26. The number of benzene rings is 3. The number of para-hydroxylation sites is 1. The van der Waals surface area contributed by atoms with Crippen molar-refractivity contribution in [2.75, 3.05) is 188 Å². The number of unbranched alkanes of at least 4 members (excludes halogenated alkanes) is 1. The molecule has 1 aliphatic rings. The van der Waals surface area contributed by atoms with E-state index in [0.717, 1.165) is 39.0 Å². The molecule has 1 aliphatic heterocycles. The van der Waals surface area contributed by atoms with Crippen molar-refractivity contribution in [1.82, 2.24) is 68.8 Å². The zero-order valence-electron chi connectivity index (χ0n) is 78.3. The molecule has 12 amide bonds. The first kappa shape index (κ1) is 118. The summed E-state index contributed by atoms with van der Waals surface area (Å²) in [5.41, 5.74) is 13.9. The topological polar surface area (TPSA) is 598 Å². The molecular weight excluding hydrogens is 1850 g/mol. The third-order valence-electron chi connectivity index (χ3n) is 20.7. The van der Waals surface area contributed by atoms with E-state index < -0.39 is 144 Å². The normalized spacial score (nSPS) is 19.5. The van der Waals surface area contributed by atoms with E-state index >= 15 is 9.59 Å². The summed E-state index contributed by atoms with van der Waals surface area (Å²) >= 11 is 0. The van der Waals surface area contributed by atoms with E-state index in [1.165, 1.54) is 42.4 Å². The minimum absolute atomic E-state index is 0.0174. The highest BCUT2D eigenvalue weighted by molar-refractivity contribution is 8.77. The fourth-order valence-corrected chi connectivity index (χ4v) is 17.4. The number of Topliss-reactive ketones (excluding diaryl/α,β-unsaturated/α-hetero) is 1. The fraction of sp³-hybridized carbons (Fsp3) is 0.637. The van der Waals surface area contributed by atoms with Crippen molar-refractivity contribution in [2.45, 2.75) is 178 Å². The Bertz CT molecular complexity index is 4130. The summed E-state index contributed by atoms with van der Waals surface area (Å²) in [5, 5.41) is 75.3. The van der Waals surface area contributed by atoms with Crippen LogP contribution in [0.25, 0.3) is 10.9 Å². The molecule has 136 heavy (non-hydrogen) atoms. The average molecular weight is 1990 g/mol.